The number of rotatable bonds is 5. The monoisotopic (exact) mass is 444 g/mol. The van der Waals surface area contributed by atoms with Crippen molar-refractivity contribution in [3.8, 4) is 0 Å². The first-order valence-electron chi connectivity index (χ1n) is 7.10. The second-order valence-electron chi connectivity index (χ2n) is 5.08. The Balaban J connectivity index is 2.06. The van der Waals surface area contributed by atoms with Crippen LogP contribution in [-0.2, 0) is 9.53 Å². The summed E-state index contributed by atoms with van der Waals surface area (Å²) in [5, 5.41) is 12.8. The second kappa shape index (κ2) is 8.24. The maximum atomic E-state index is 13.7. The van der Waals surface area contributed by atoms with Crippen LogP contribution >= 0.6 is 27.5 Å². The van der Waals surface area contributed by atoms with Gasteiger partial charge in [-0.15, -0.1) is 0 Å². The number of ether oxygens (including phenoxy) is 1. The minimum absolute atomic E-state index is 0.0746. The molecule has 0 bridgehead atoms. The lowest BCUT2D eigenvalue weighted by Gasteiger charge is -2.14. The summed E-state index contributed by atoms with van der Waals surface area (Å²) in [6.07, 6.45) is -1.25. The molecule has 0 aliphatic rings. The minimum atomic E-state index is -1.25. The van der Waals surface area contributed by atoms with Crippen LogP contribution in [-0.4, -0.2) is 22.9 Å². The number of non-ortho nitro benzene ring substituents is 1. The van der Waals surface area contributed by atoms with E-state index in [4.69, 9.17) is 16.3 Å². The summed E-state index contributed by atoms with van der Waals surface area (Å²) in [5.74, 6) is -2.36. The lowest BCUT2D eigenvalue weighted by atomic mass is 10.2. The molecule has 1 unspecified atom stereocenters. The van der Waals surface area contributed by atoms with Crippen LogP contribution < -0.4 is 5.32 Å². The first kappa shape index (κ1) is 19.8. The van der Waals surface area contributed by atoms with Crippen LogP contribution in [0.25, 0.3) is 0 Å². The molecule has 0 saturated heterocycles. The van der Waals surface area contributed by atoms with E-state index in [2.05, 4.69) is 21.2 Å². The number of nitro groups is 1. The van der Waals surface area contributed by atoms with Crippen molar-refractivity contribution in [3.05, 3.63) is 67.4 Å². The summed E-state index contributed by atoms with van der Waals surface area (Å²) in [5.41, 5.74) is -0.496. The summed E-state index contributed by atoms with van der Waals surface area (Å²) in [7, 11) is 0. The molecule has 1 atom stereocenters. The van der Waals surface area contributed by atoms with E-state index >= 15 is 0 Å². The maximum absolute atomic E-state index is 13.7. The molecule has 0 saturated carbocycles. The SMILES string of the molecule is CC(OC(=O)c1ccc([N+](=O)[O-])cc1Cl)C(=O)Nc1ccc(Br)cc1F. The molecule has 0 aliphatic heterocycles. The Bertz CT molecular complexity index is 893. The number of hydrogen-bond donors (Lipinski definition) is 1. The van der Waals surface area contributed by atoms with E-state index < -0.39 is 28.7 Å². The number of anilines is 1. The topological polar surface area (TPSA) is 98.5 Å². The minimum Gasteiger partial charge on any atom is -0.449 e. The fourth-order valence-electron chi connectivity index (χ4n) is 1.89. The van der Waals surface area contributed by atoms with Crippen molar-refractivity contribution in [2.75, 3.05) is 5.32 Å². The third kappa shape index (κ3) is 4.77. The number of hydrogen-bond acceptors (Lipinski definition) is 5. The number of esters is 1. The molecule has 1 N–H and O–H groups in total. The van der Waals surface area contributed by atoms with Gasteiger partial charge in [0.25, 0.3) is 11.6 Å². The summed E-state index contributed by atoms with van der Waals surface area (Å²) in [6, 6.07) is 7.26. The van der Waals surface area contributed by atoms with Gasteiger partial charge in [-0.1, -0.05) is 27.5 Å². The Hall–Kier alpha value is -2.52. The Morgan fingerprint density at radius 2 is 2.00 bits per heavy atom. The molecule has 0 spiro atoms. The summed E-state index contributed by atoms with van der Waals surface area (Å²) in [4.78, 5) is 34.1. The molecule has 0 aliphatic carbocycles. The van der Waals surface area contributed by atoms with Gasteiger partial charge >= 0.3 is 5.97 Å². The zero-order valence-corrected chi connectivity index (χ0v) is 15.5. The number of carbonyl (C=O) groups excluding carboxylic acids is 2. The highest BCUT2D eigenvalue weighted by molar-refractivity contribution is 9.10. The number of nitrogens with zero attached hydrogens (tertiary/aromatic N) is 1. The first-order chi connectivity index (χ1) is 12.2. The fraction of sp³-hybridized carbons (Fsp3) is 0.125. The molecule has 7 nitrogen and oxygen atoms in total. The van der Waals surface area contributed by atoms with Gasteiger partial charge in [0.05, 0.1) is 21.2 Å². The van der Waals surface area contributed by atoms with Gasteiger partial charge in [0.15, 0.2) is 6.10 Å². The highest BCUT2D eigenvalue weighted by atomic mass is 79.9. The zero-order valence-electron chi connectivity index (χ0n) is 13.2. The predicted molar refractivity (Wildman–Crippen MR) is 95.7 cm³/mol. The van der Waals surface area contributed by atoms with Crippen molar-refractivity contribution in [3.63, 3.8) is 0 Å². The van der Waals surface area contributed by atoms with Crippen molar-refractivity contribution in [1.82, 2.24) is 0 Å². The van der Waals surface area contributed by atoms with Gasteiger partial charge < -0.3 is 10.1 Å². The molecule has 1 amide bonds. The maximum Gasteiger partial charge on any atom is 0.340 e. The third-order valence-electron chi connectivity index (χ3n) is 3.23. The molecule has 10 heteroatoms. The number of halogens is 3. The lowest BCUT2D eigenvalue weighted by molar-refractivity contribution is -0.384. The molecule has 2 aromatic rings. The summed E-state index contributed by atoms with van der Waals surface area (Å²) in [6.45, 7) is 1.29. The second-order valence-corrected chi connectivity index (χ2v) is 6.41. The molecule has 0 radical (unpaired) electrons. The van der Waals surface area contributed by atoms with Crippen molar-refractivity contribution < 1.29 is 23.6 Å². The Kier molecular flexibility index (Phi) is 6.27. The number of nitro benzene ring substituents is 1. The fourth-order valence-corrected chi connectivity index (χ4v) is 2.47. The van der Waals surface area contributed by atoms with Crippen LogP contribution in [0.3, 0.4) is 0 Å². The number of amides is 1. The summed E-state index contributed by atoms with van der Waals surface area (Å²) < 4.78 is 19.2. The van der Waals surface area contributed by atoms with Crippen molar-refractivity contribution in [2.45, 2.75) is 13.0 Å². The van der Waals surface area contributed by atoms with Gasteiger partial charge in [0, 0.05) is 16.6 Å². The van der Waals surface area contributed by atoms with Crippen LogP contribution in [0.15, 0.2) is 40.9 Å². The van der Waals surface area contributed by atoms with Crippen LogP contribution in [0.1, 0.15) is 17.3 Å². The van der Waals surface area contributed by atoms with Crippen LogP contribution in [0, 0.1) is 15.9 Å². The van der Waals surface area contributed by atoms with E-state index in [1.54, 1.807) is 0 Å². The van der Waals surface area contributed by atoms with Crippen LogP contribution in [0.4, 0.5) is 15.8 Å². The average Bonchev–Trinajstić information content (AvgIpc) is 2.56. The van der Waals surface area contributed by atoms with Gasteiger partial charge in [-0.25, -0.2) is 9.18 Å². The normalized spacial score (nSPS) is 11.5. The van der Waals surface area contributed by atoms with Gasteiger partial charge in [-0.3, -0.25) is 14.9 Å². The van der Waals surface area contributed by atoms with Gasteiger partial charge in [-0.2, -0.15) is 0 Å². The average molecular weight is 446 g/mol. The zero-order chi connectivity index (χ0) is 19.4. The smallest absolute Gasteiger partial charge is 0.340 e. The highest BCUT2D eigenvalue weighted by Gasteiger charge is 2.22. The lowest BCUT2D eigenvalue weighted by Crippen LogP contribution is -2.30. The summed E-state index contributed by atoms with van der Waals surface area (Å²) >= 11 is 8.93. The first-order valence-corrected chi connectivity index (χ1v) is 8.27. The van der Waals surface area contributed by atoms with E-state index in [1.165, 1.54) is 25.1 Å². The molecule has 2 aromatic carbocycles. The molecule has 0 heterocycles. The molecule has 26 heavy (non-hydrogen) atoms. The highest BCUT2D eigenvalue weighted by Crippen LogP contribution is 2.24. The molecule has 136 valence electrons. The molecule has 0 fully saturated rings. The number of benzene rings is 2. The van der Waals surface area contributed by atoms with Crippen LogP contribution in [0.5, 0.6) is 0 Å². The molecule has 2 rings (SSSR count). The Morgan fingerprint density at radius 1 is 1.31 bits per heavy atom. The van der Waals surface area contributed by atoms with E-state index in [-0.39, 0.29) is 22.0 Å². The van der Waals surface area contributed by atoms with Crippen LogP contribution in [0.2, 0.25) is 5.02 Å². The molecule has 0 aromatic heterocycles. The Labute approximate surface area is 160 Å². The molecular weight excluding hydrogens is 435 g/mol. The van der Waals surface area contributed by atoms with Crippen molar-refractivity contribution in [1.29, 1.82) is 0 Å². The largest absolute Gasteiger partial charge is 0.449 e. The third-order valence-corrected chi connectivity index (χ3v) is 4.03. The van der Waals surface area contributed by atoms with E-state index in [9.17, 15) is 24.1 Å². The van der Waals surface area contributed by atoms with E-state index in [1.807, 2.05) is 0 Å². The Morgan fingerprint density at radius 3 is 2.58 bits per heavy atom. The van der Waals surface area contributed by atoms with Crippen molar-refractivity contribution in [2.24, 2.45) is 0 Å². The van der Waals surface area contributed by atoms with Gasteiger partial charge in [0.1, 0.15) is 5.82 Å². The van der Waals surface area contributed by atoms with Crippen molar-refractivity contribution >= 4 is 50.8 Å². The number of carbonyl (C=O) groups is 2. The quantitative estimate of drug-likeness (QED) is 0.419. The number of nitrogens with one attached hydrogen (secondary N) is 1. The van der Waals surface area contributed by atoms with Gasteiger partial charge in [0.2, 0.25) is 0 Å². The van der Waals surface area contributed by atoms with E-state index in [0.717, 1.165) is 18.2 Å². The predicted octanol–water partition coefficient (Wildman–Crippen LogP) is 4.33. The molecular formula is C16H11BrClFN2O5. The van der Waals surface area contributed by atoms with E-state index in [0.29, 0.717) is 4.47 Å². The van der Waals surface area contributed by atoms with Gasteiger partial charge in [-0.05, 0) is 31.2 Å². The standard InChI is InChI=1S/C16H11BrClFN2O5/c1-8(15(22)20-14-5-2-9(17)6-13(14)19)26-16(23)11-4-3-10(21(24)25)7-12(11)18/h2-8H,1H3,(H,20,22).